The lowest BCUT2D eigenvalue weighted by Gasteiger charge is -2.25. The molecular weight excluding hydrogens is 236 g/mol. The topological polar surface area (TPSA) is 26.3 Å². The van der Waals surface area contributed by atoms with E-state index in [1.165, 1.54) is 6.92 Å². The minimum atomic E-state index is -1.02. The molecule has 1 atom stereocenters. The number of benzene rings is 1. The molecule has 0 aliphatic heterocycles. The highest BCUT2D eigenvalue weighted by Gasteiger charge is 2.28. The third kappa shape index (κ3) is 2.98. The molecule has 0 heterocycles. The maximum Gasteiger partial charge on any atom is 0.304 e. The first kappa shape index (κ1) is 11.9. The SMILES string of the molecule is CC(=O)OC1(Cl)C=CC(c2ccccc2)=CC1. The van der Waals surface area contributed by atoms with Crippen molar-refractivity contribution >= 4 is 23.1 Å². The van der Waals surface area contributed by atoms with Gasteiger partial charge in [0.2, 0.25) is 5.06 Å². The highest BCUT2D eigenvalue weighted by molar-refractivity contribution is 6.25. The van der Waals surface area contributed by atoms with Crippen molar-refractivity contribution in [1.82, 2.24) is 0 Å². The zero-order valence-corrected chi connectivity index (χ0v) is 10.3. The van der Waals surface area contributed by atoms with E-state index >= 15 is 0 Å². The molecule has 0 saturated heterocycles. The van der Waals surface area contributed by atoms with Crippen LogP contribution in [0, 0.1) is 0 Å². The summed E-state index contributed by atoms with van der Waals surface area (Å²) in [4.78, 5) is 10.9. The molecule has 0 saturated carbocycles. The lowest BCUT2D eigenvalue weighted by Crippen LogP contribution is -2.26. The monoisotopic (exact) mass is 248 g/mol. The number of hydrogen-bond donors (Lipinski definition) is 0. The zero-order chi connectivity index (χ0) is 12.3. The summed E-state index contributed by atoms with van der Waals surface area (Å²) in [5.74, 6) is -0.374. The third-order valence-electron chi connectivity index (χ3n) is 2.53. The van der Waals surface area contributed by atoms with Crippen LogP contribution in [0.1, 0.15) is 18.9 Å². The first-order valence-electron chi connectivity index (χ1n) is 5.42. The van der Waals surface area contributed by atoms with Crippen molar-refractivity contribution in [2.45, 2.75) is 18.4 Å². The molecule has 0 bridgehead atoms. The fourth-order valence-corrected chi connectivity index (χ4v) is 2.01. The molecule has 17 heavy (non-hydrogen) atoms. The van der Waals surface area contributed by atoms with Gasteiger partial charge in [0, 0.05) is 13.3 Å². The van der Waals surface area contributed by atoms with Crippen molar-refractivity contribution < 1.29 is 9.53 Å². The van der Waals surface area contributed by atoms with Gasteiger partial charge in [-0.05, 0) is 17.2 Å². The lowest BCUT2D eigenvalue weighted by molar-refractivity contribution is -0.146. The van der Waals surface area contributed by atoms with Gasteiger partial charge in [-0.2, -0.15) is 0 Å². The molecule has 1 unspecified atom stereocenters. The van der Waals surface area contributed by atoms with Crippen molar-refractivity contribution in [1.29, 1.82) is 0 Å². The number of carbonyl (C=O) groups is 1. The third-order valence-corrected chi connectivity index (χ3v) is 2.89. The van der Waals surface area contributed by atoms with E-state index in [9.17, 15) is 4.79 Å². The Labute approximate surface area is 106 Å². The number of allylic oxidation sites excluding steroid dienone is 2. The Balaban J connectivity index is 2.14. The van der Waals surface area contributed by atoms with Gasteiger partial charge < -0.3 is 4.74 Å². The number of halogens is 1. The van der Waals surface area contributed by atoms with E-state index in [1.54, 1.807) is 6.08 Å². The predicted molar refractivity (Wildman–Crippen MR) is 68.5 cm³/mol. The van der Waals surface area contributed by atoms with E-state index in [0.29, 0.717) is 6.42 Å². The second-order valence-electron chi connectivity index (χ2n) is 3.94. The molecule has 1 aliphatic rings. The Kier molecular flexibility index (Phi) is 3.34. The van der Waals surface area contributed by atoms with E-state index in [-0.39, 0.29) is 5.97 Å². The molecule has 2 nitrogen and oxygen atoms in total. The van der Waals surface area contributed by atoms with Gasteiger partial charge in [-0.25, -0.2) is 0 Å². The van der Waals surface area contributed by atoms with Crippen LogP contribution in [-0.4, -0.2) is 11.0 Å². The van der Waals surface area contributed by atoms with E-state index in [1.807, 2.05) is 42.5 Å². The lowest BCUT2D eigenvalue weighted by atomic mass is 9.98. The first-order chi connectivity index (χ1) is 8.09. The smallest absolute Gasteiger partial charge is 0.304 e. The summed E-state index contributed by atoms with van der Waals surface area (Å²) in [6, 6.07) is 10.0. The summed E-state index contributed by atoms with van der Waals surface area (Å²) in [6.45, 7) is 1.36. The van der Waals surface area contributed by atoms with Crippen molar-refractivity contribution in [2.75, 3.05) is 0 Å². The Morgan fingerprint density at radius 3 is 2.59 bits per heavy atom. The molecule has 1 aromatic carbocycles. The predicted octanol–water partition coefficient (Wildman–Crippen LogP) is 3.53. The Morgan fingerprint density at radius 2 is 2.06 bits per heavy atom. The van der Waals surface area contributed by atoms with Gasteiger partial charge in [0.05, 0.1) is 0 Å². The first-order valence-corrected chi connectivity index (χ1v) is 5.80. The number of ether oxygens (including phenoxy) is 1. The highest BCUT2D eigenvalue weighted by atomic mass is 35.5. The van der Waals surface area contributed by atoms with Crippen LogP contribution in [0.25, 0.3) is 5.57 Å². The number of esters is 1. The van der Waals surface area contributed by atoms with Crippen molar-refractivity contribution in [3.05, 3.63) is 54.1 Å². The summed E-state index contributed by atoms with van der Waals surface area (Å²) >= 11 is 6.15. The van der Waals surface area contributed by atoms with Gasteiger partial charge >= 0.3 is 5.97 Å². The van der Waals surface area contributed by atoms with E-state index < -0.39 is 5.06 Å². The quantitative estimate of drug-likeness (QED) is 0.591. The number of rotatable bonds is 2. The molecule has 3 heteroatoms. The van der Waals surface area contributed by atoms with E-state index in [0.717, 1.165) is 11.1 Å². The summed E-state index contributed by atoms with van der Waals surface area (Å²) in [5, 5.41) is -1.02. The van der Waals surface area contributed by atoms with Crippen LogP contribution in [0.15, 0.2) is 48.6 Å². The standard InChI is InChI=1S/C14H13ClO2/c1-11(16)17-14(15)9-7-13(8-10-14)12-5-3-2-4-6-12/h2-9H,10H2,1H3. The minimum Gasteiger partial charge on any atom is -0.439 e. The van der Waals surface area contributed by atoms with Gasteiger partial charge in [-0.1, -0.05) is 54.1 Å². The highest BCUT2D eigenvalue weighted by Crippen LogP contribution is 2.32. The van der Waals surface area contributed by atoms with Crippen LogP contribution >= 0.6 is 11.6 Å². The number of alkyl halides is 1. The van der Waals surface area contributed by atoms with E-state index in [2.05, 4.69) is 0 Å². The maximum absolute atomic E-state index is 10.9. The molecule has 1 aromatic rings. The minimum absolute atomic E-state index is 0.374. The van der Waals surface area contributed by atoms with E-state index in [4.69, 9.17) is 16.3 Å². The Morgan fingerprint density at radius 1 is 1.35 bits per heavy atom. The summed E-state index contributed by atoms with van der Waals surface area (Å²) < 4.78 is 5.06. The van der Waals surface area contributed by atoms with Crippen LogP contribution in [0.2, 0.25) is 0 Å². The fraction of sp³-hybridized carbons (Fsp3) is 0.214. The van der Waals surface area contributed by atoms with Crippen LogP contribution < -0.4 is 0 Å². The van der Waals surface area contributed by atoms with Crippen LogP contribution in [0.5, 0.6) is 0 Å². The molecule has 0 radical (unpaired) electrons. The van der Waals surface area contributed by atoms with Crippen LogP contribution in [0.3, 0.4) is 0 Å². The van der Waals surface area contributed by atoms with Gasteiger partial charge in [0.15, 0.2) is 0 Å². The van der Waals surface area contributed by atoms with Gasteiger partial charge in [0.25, 0.3) is 0 Å². The average Bonchev–Trinajstić information content (AvgIpc) is 2.29. The second kappa shape index (κ2) is 4.76. The summed E-state index contributed by atoms with van der Waals surface area (Å²) in [5.41, 5.74) is 2.22. The van der Waals surface area contributed by atoms with Crippen LogP contribution in [0.4, 0.5) is 0 Å². The molecule has 1 aliphatic carbocycles. The van der Waals surface area contributed by atoms with Gasteiger partial charge in [-0.15, -0.1) is 0 Å². The molecule has 88 valence electrons. The molecule has 0 amide bonds. The number of hydrogen-bond acceptors (Lipinski definition) is 2. The molecule has 2 rings (SSSR count). The van der Waals surface area contributed by atoms with Gasteiger partial charge in [0.1, 0.15) is 0 Å². The zero-order valence-electron chi connectivity index (χ0n) is 9.52. The Bertz CT molecular complexity index is 476. The van der Waals surface area contributed by atoms with Crippen molar-refractivity contribution in [3.63, 3.8) is 0 Å². The fourth-order valence-electron chi connectivity index (χ4n) is 1.76. The number of carbonyl (C=O) groups excluding carboxylic acids is 1. The summed E-state index contributed by atoms with van der Waals surface area (Å²) in [7, 11) is 0. The molecule has 0 fully saturated rings. The van der Waals surface area contributed by atoms with Crippen LogP contribution in [-0.2, 0) is 9.53 Å². The largest absolute Gasteiger partial charge is 0.439 e. The summed E-state index contributed by atoms with van der Waals surface area (Å²) in [6.07, 6.45) is 6.06. The molecule has 0 spiro atoms. The van der Waals surface area contributed by atoms with Gasteiger partial charge in [-0.3, -0.25) is 4.79 Å². The second-order valence-corrected chi connectivity index (χ2v) is 4.58. The van der Waals surface area contributed by atoms with Crippen molar-refractivity contribution in [3.8, 4) is 0 Å². The molecule has 0 N–H and O–H groups in total. The normalized spacial score (nSPS) is 23.1. The molecule has 0 aromatic heterocycles. The Hall–Kier alpha value is -1.54. The average molecular weight is 249 g/mol. The molecular formula is C14H13ClO2. The van der Waals surface area contributed by atoms with Crippen molar-refractivity contribution in [2.24, 2.45) is 0 Å². The maximum atomic E-state index is 10.9.